The number of furan rings is 1. The molecular weight excluding hydrogens is 316 g/mol. The first-order chi connectivity index (χ1) is 11.6. The third-order valence-corrected chi connectivity index (χ3v) is 3.28. The number of ether oxygens (including phenoxy) is 1. The normalized spacial score (nSPS) is 11.0. The lowest BCUT2D eigenvalue weighted by Crippen LogP contribution is -1.94. The number of aromatic nitrogens is 2. The monoisotopic (exact) mass is 328 g/mol. The van der Waals surface area contributed by atoms with Gasteiger partial charge in [-0.15, -0.1) is 0 Å². The maximum atomic E-state index is 10.8. The van der Waals surface area contributed by atoms with E-state index in [2.05, 4.69) is 10.3 Å². The fraction of sp³-hybridized carbons (Fsp3) is 0.0667. The van der Waals surface area contributed by atoms with E-state index < -0.39 is 10.8 Å². The summed E-state index contributed by atoms with van der Waals surface area (Å²) in [6, 6.07) is 9.80. The van der Waals surface area contributed by atoms with Crippen LogP contribution in [0.3, 0.4) is 0 Å². The average molecular weight is 328 g/mol. The Morgan fingerprint density at radius 2 is 2.08 bits per heavy atom. The molecule has 0 spiro atoms. The van der Waals surface area contributed by atoms with Crippen LogP contribution in [0.1, 0.15) is 5.56 Å². The van der Waals surface area contributed by atoms with E-state index in [0.717, 1.165) is 5.69 Å². The molecule has 3 aromatic rings. The summed E-state index contributed by atoms with van der Waals surface area (Å²) in [6.45, 7) is 0. The Kier molecular flexibility index (Phi) is 3.98. The highest BCUT2D eigenvalue weighted by molar-refractivity contribution is 5.87. The molecule has 1 aromatic carbocycles. The fourth-order valence-electron chi connectivity index (χ4n) is 2.16. The van der Waals surface area contributed by atoms with E-state index in [0.29, 0.717) is 17.0 Å². The first-order valence-electron chi connectivity index (χ1n) is 6.78. The van der Waals surface area contributed by atoms with E-state index in [-0.39, 0.29) is 5.76 Å². The molecule has 24 heavy (non-hydrogen) atoms. The predicted molar refractivity (Wildman–Crippen MR) is 83.9 cm³/mol. The lowest BCUT2D eigenvalue weighted by atomic mass is 10.2. The minimum absolute atomic E-state index is 0.198. The van der Waals surface area contributed by atoms with Crippen molar-refractivity contribution in [2.24, 2.45) is 5.16 Å². The zero-order valence-electron chi connectivity index (χ0n) is 12.5. The Balaban J connectivity index is 2.04. The van der Waals surface area contributed by atoms with Crippen molar-refractivity contribution in [1.29, 1.82) is 0 Å². The number of nitrogens with zero attached hydrogens (tertiary/aromatic N) is 4. The van der Waals surface area contributed by atoms with E-state index in [4.69, 9.17) is 14.4 Å². The fourth-order valence-corrected chi connectivity index (χ4v) is 2.16. The van der Waals surface area contributed by atoms with Crippen LogP contribution in [0.4, 0.5) is 5.88 Å². The van der Waals surface area contributed by atoms with Gasteiger partial charge in [0, 0.05) is 11.8 Å². The van der Waals surface area contributed by atoms with Gasteiger partial charge in [-0.2, -0.15) is 5.10 Å². The Morgan fingerprint density at radius 1 is 1.33 bits per heavy atom. The molecule has 0 saturated carbocycles. The quantitative estimate of drug-likeness (QED) is 0.333. The van der Waals surface area contributed by atoms with Gasteiger partial charge in [-0.25, -0.2) is 4.68 Å². The number of nitro groups is 1. The summed E-state index contributed by atoms with van der Waals surface area (Å²) in [7, 11) is 1.57. The number of hydrogen-bond donors (Lipinski definition) is 1. The minimum atomic E-state index is -0.635. The Labute approximate surface area is 135 Å². The van der Waals surface area contributed by atoms with E-state index in [1.54, 1.807) is 42.3 Å². The second-order valence-corrected chi connectivity index (χ2v) is 4.72. The van der Waals surface area contributed by atoms with Gasteiger partial charge in [-0.3, -0.25) is 10.1 Å². The maximum Gasteiger partial charge on any atom is 0.433 e. The first-order valence-corrected chi connectivity index (χ1v) is 6.78. The number of benzene rings is 1. The van der Waals surface area contributed by atoms with Crippen LogP contribution in [0, 0.1) is 10.1 Å². The molecule has 0 aliphatic rings. The Morgan fingerprint density at radius 3 is 2.67 bits per heavy atom. The number of methoxy groups -OCH3 is 1. The van der Waals surface area contributed by atoms with Gasteiger partial charge in [0.05, 0.1) is 25.1 Å². The van der Waals surface area contributed by atoms with Crippen LogP contribution in [-0.2, 0) is 0 Å². The van der Waals surface area contributed by atoms with Gasteiger partial charge in [-0.1, -0.05) is 5.16 Å². The highest BCUT2D eigenvalue weighted by Crippen LogP contribution is 2.28. The molecule has 9 nitrogen and oxygen atoms in total. The van der Waals surface area contributed by atoms with Crippen molar-refractivity contribution in [3.05, 3.63) is 58.3 Å². The van der Waals surface area contributed by atoms with Crippen molar-refractivity contribution in [1.82, 2.24) is 9.78 Å². The molecule has 3 rings (SSSR count). The zero-order chi connectivity index (χ0) is 17.1. The van der Waals surface area contributed by atoms with E-state index >= 15 is 0 Å². The Hall–Kier alpha value is -3.62. The van der Waals surface area contributed by atoms with Crippen LogP contribution < -0.4 is 4.74 Å². The van der Waals surface area contributed by atoms with Crippen molar-refractivity contribution < 1.29 is 19.3 Å². The van der Waals surface area contributed by atoms with Crippen LogP contribution in [0.5, 0.6) is 5.75 Å². The minimum Gasteiger partial charge on any atom is -0.497 e. The maximum absolute atomic E-state index is 10.8. The summed E-state index contributed by atoms with van der Waals surface area (Å²) in [5, 5.41) is 26.9. The van der Waals surface area contributed by atoms with E-state index in [9.17, 15) is 10.1 Å². The number of rotatable bonds is 5. The third kappa shape index (κ3) is 2.82. The van der Waals surface area contributed by atoms with Gasteiger partial charge in [0.25, 0.3) is 0 Å². The average Bonchev–Trinajstić information content (AvgIpc) is 3.22. The van der Waals surface area contributed by atoms with Gasteiger partial charge in [0.2, 0.25) is 0 Å². The van der Waals surface area contributed by atoms with Crippen LogP contribution >= 0.6 is 0 Å². The molecule has 0 aliphatic heterocycles. The van der Waals surface area contributed by atoms with Gasteiger partial charge < -0.3 is 14.4 Å². The molecule has 2 aromatic heterocycles. The molecule has 1 N–H and O–H groups in total. The summed E-state index contributed by atoms with van der Waals surface area (Å²) in [5.41, 5.74) is 1.49. The Bertz CT molecular complexity index is 895. The molecule has 122 valence electrons. The topological polar surface area (TPSA) is 116 Å². The highest BCUT2D eigenvalue weighted by Gasteiger charge is 2.18. The number of hydrogen-bond acceptors (Lipinski definition) is 7. The lowest BCUT2D eigenvalue weighted by molar-refractivity contribution is -0.401. The van der Waals surface area contributed by atoms with Gasteiger partial charge in [0.15, 0.2) is 5.76 Å². The molecule has 9 heteroatoms. The second-order valence-electron chi connectivity index (χ2n) is 4.72. The second kappa shape index (κ2) is 6.24. The van der Waals surface area contributed by atoms with Crippen LogP contribution in [-0.4, -0.2) is 33.2 Å². The third-order valence-electron chi connectivity index (χ3n) is 3.28. The predicted octanol–water partition coefficient (Wildman–Crippen LogP) is 2.86. The zero-order valence-corrected chi connectivity index (χ0v) is 12.5. The van der Waals surface area contributed by atoms with Gasteiger partial charge >= 0.3 is 5.88 Å². The molecule has 0 bridgehead atoms. The molecule has 0 radical (unpaired) electrons. The summed E-state index contributed by atoms with van der Waals surface area (Å²) in [4.78, 5) is 10.1. The smallest absolute Gasteiger partial charge is 0.433 e. The molecule has 0 aliphatic carbocycles. The summed E-state index contributed by atoms with van der Waals surface area (Å²) >= 11 is 0. The summed E-state index contributed by atoms with van der Waals surface area (Å²) in [6.07, 6.45) is 2.79. The molecule has 2 heterocycles. The lowest BCUT2D eigenvalue weighted by Gasteiger charge is -2.02. The molecular formula is C15H12N4O5. The molecule has 0 saturated heterocycles. The molecule has 0 amide bonds. The number of oxime groups is 1. The SMILES string of the molecule is COc1ccc(-n2cc(C=NO)c(-c3ccc([N+](=O)[O-])o3)n2)cc1. The first kappa shape index (κ1) is 15.3. The molecule has 0 atom stereocenters. The van der Waals surface area contributed by atoms with Crippen molar-refractivity contribution >= 4 is 12.1 Å². The van der Waals surface area contributed by atoms with Crippen molar-refractivity contribution in [2.45, 2.75) is 0 Å². The largest absolute Gasteiger partial charge is 0.497 e. The van der Waals surface area contributed by atoms with Gasteiger partial charge in [-0.05, 0) is 30.3 Å². The summed E-state index contributed by atoms with van der Waals surface area (Å²) in [5.74, 6) is 0.504. The molecule has 0 unspecified atom stereocenters. The van der Waals surface area contributed by atoms with Crippen molar-refractivity contribution in [3.63, 3.8) is 0 Å². The molecule has 0 fully saturated rings. The van der Waals surface area contributed by atoms with Crippen LogP contribution in [0.2, 0.25) is 0 Å². The summed E-state index contributed by atoms with van der Waals surface area (Å²) < 4.78 is 11.8. The standard InChI is InChI=1S/C15H12N4O5/c1-23-12-4-2-11(3-5-12)18-9-10(8-16-20)15(17-18)13-6-7-14(24-13)19(21)22/h2-9,20H,1H3. The van der Waals surface area contributed by atoms with Crippen molar-refractivity contribution in [2.75, 3.05) is 7.11 Å². The van der Waals surface area contributed by atoms with Gasteiger partial charge in [0.1, 0.15) is 16.4 Å². The van der Waals surface area contributed by atoms with Crippen LogP contribution in [0.15, 0.2) is 52.2 Å². The van der Waals surface area contributed by atoms with Crippen LogP contribution in [0.25, 0.3) is 17.1 Å². The van der Waals surface area contributed by atoms with E-state index in [1.165, 1.54) is 18.3 Å². The highest BCUT2D eigenvalue weighted by atomic mass is 16.6. The van der Waals surface area contributed by atoms with Crippen molar-refractivity contribution in [3.8, 4) is 22.9 Å². The van der Waals surface area contributed by atoms with E-state index in [1.807, 2.05) is 0 Å².